The van der Waals surface area contributed by atoms with Crippen molar-refractivity contribution in [2.24, 2.45) is 0 Å². The summed E-state index contributed by atoms with van der Waals surface area (Å²) in [6, 6.07) is 7.02. The fourth-order valence-corrected chi connectivity index (χ4v) is 2.79. The minimum Gasteiger partial charge on any atom is -0.354 e. The Labute approximate surface area is 163 Å². The number of carbonyl (C=O) groups excluding carboxylic acids is 1. The Kier molecular flexibility index (Phi) is 8.09. The van der Waals surface area contributed by atoms with E-state index in [1.807, 2.05) is 20.2 Å². The summed E-state index contributed by atoms with van der Waals surface area (Å²) in [6.45, 7) is 2.12. The minimum absolute atomic E-state index is 0.199. The van der Waals surface area contributed by atoms with Crippen molar-refractivity contribution in [3.05, 3.63) is 51.8 Å². The molecule has 1 aromatic heterocycles. The number of nitrogens with zero attached hydrogens (tertiary/aromatic N) is 3. The molecule has 2 N–H and O–H groups in total. The van der Waals surface area contributed by atoms with Crippen LogP contribution in [0.25, 0.3) is 0 Å². The molecule has 0 fully saturated rings. The smallest absolute Gasteiger partial charge is 0.270 e. The summed E-state index contributed by atoms with van der Waals surface area (Å²) < 4.78 is 0. The highest BCUT2D eigenvalue weighted by molar-refractivity contribution is 6.35. The molecule has 0 aliphatic heterocycles. The summed E-state index contributed by atoms with van der Waals surface area (Å²) in [6.07, 6.45) is 3.15. The highest BCUT2D eigenvalue weighted by Gasteiger charge is 2.08. The van der Waals surface area contributed by atoms with Crippen LogP contribution < -0.4 is 10.6 Å². The van der Waals surface area contributed by atoms with Crippen LogP contribution in [0.2, 0.25) is 10.0 Å². The van der Waals surface area contributed by atoms with Gasteiger partial charge in [0.25, 0.3) is 5.91 Å². The molecular formula is C18H23Cl2N5O. The monoisotopic (exact) mass is 395 g/mol. The number of hydrogen-bond donors (Lipinski definition) is 2. The number of nitrogens with one attached hydrogen (secondary N) is 2. The fourth-order valence-electron chi connectivity index (χ4n) is 2.29. The fraction of sp³-hybridized carbons (Fsp3) is 0.389. The molecule has 1 aromatic carbocycles. The molecule has 8 heteroatoms. The number of rotatable bonds is 9. The molecule has 0 spiro atoms. The average Bonchev–Trinajstić information content (AvgIpc) is 2.60. The highest BCUT2D eigenvalue weighted by Crippen LogP contribution is 2.21. The number of carbonyl (C=O) groups is 1. The second kappa shape index (κ2) is 10.3. The predicted molar refractivity (Wildman–Crippen MR) is 106 cm³/mol. The van der Waals surface area contributed by atoms with Gasteiger partial charge in [-0.25, -0.2) is 9.97 Å². The molecule has 0 aliphatic carbocycles. The third kappa shape index (κ3) is 6.78. The Morgan fingerprint density at radius 1 is 1.19 bits per heavy atom. The molecular weight excluding hydrogens is 373 g/mol. The average molecular weight is 396 g/mol. The summed E-state index contributed by atoms with van der Waals surface area (Å²) in [4.78, 5) is 22.6. The van der Waals surface area contributed by atoms with Crippen molar-refractivity contribution in [3.63, 3.8) is 0 Å². The molecule has 26 heavy (non-hydrogen) atoms. The standard InChI is InChI=1S/C18H23Cl2N5O/c1-25(2)11-3-8-21-17(26)16-7-10-23-18(24-16)22-9-6-13-4-5-14(19)12-15(13)20/h4-5,7,10,12H,3,6,8-9,11H2,1-2H3,(H,21,26)(H,22,23,24). The first-order valence-corrected chi connectivity index (χ1v) is 9.15. The van der Waals surface area contributed by atoms with Crippen molar-refractivity contribution >= 4 is 35.1 Å². The molecule has 0 saturated carbocycles. The molecule has 1 amide bonds. The lowest BCUT2D eigenvalue weighted by molar-refractivity contribution is 0.0947. The van der Waals surface area contributed by atoms with Gasteiger partial charge in [-0.1, -0.05) is 29.3 Å². The van der Waals surface area contributed by atoms with Gasteiger partial charge in [0.1, 0.15) is 5.69 Å². The van der Waals surface area contributed by atoms with Crippen LogP contribution in [0.4, 0.5) is 5.95 Å². The normalized spacial score (nSPS) is 10.8. The first-order valence-electron chi connectivity index (χ1n) is 8.39. The Hall–Kier alpha value is -1.89. The Morgan fingerprint density at radius 2 is 2.00 bits per heavy atom. The molecule has 2 aromatic rings. The number of amides is 1. The Morgan fingerprint density at radius 3 is 2.73 bits per heavy atom. The molecule has 0 radical (unpaired) electrons. The summed E-state index contributed by atoms with van der Waals surface area (Å²) in [7, 11) is 4.00. The van der Waals surface area contributed by atoms with E-state index in [1.54, 1.807) is 24.4 Å². The van der Waals surface area contributed by atoms with Crippen molar-refractivity contribution in [1.82, 2.24) is 20.2 Å². The summed E-state index contributed by atoms with van der Waals surface area (Å²) in [5.74, 6) is 0.214. The van der Waals surface area contributed by atoms with Crippen LogP contribution in [0.1, 0.15) is 22.5 Å². The summed E-state index contributed by atoms with van der Waals surface area (Å²) in [5, 5.41) is 7.22. The zero-order valence-corrected chi connectivity index (χ0v) is 16.4. The van der Waals surface area contributed by atoms with Gasteiger partial charge in [-0.15, -0.1) is 0 Å². The molecule has 0 bridgehead atoms. The van der Waals surface area contributed by atoms with E-state index in [9.17, 15) is 4.79 Å². The highest BCUT2D eigenvalue weighted by atomic mass is 35.5. The van der Waals surface area contributed by atoms with Gasteiger partial charge >= 0.3 is 0 Å². The molecule has 6 nitrogen and oxygen atoms in total. The molecule has 0 saturated heterocycles. The molecule has 1 heterocycles. The van der Waals surface area contributed by atoms with E-state index in [2.05, 4.69) is 25.5 Å². The van der Waals surface area contributed by atoms with Crippen LogP contribution in [0.3, 0.4) is 0 Å². The predicted octanol–water partition coefficient (Wildman–Crippen LogP) is 3.12. The van der Waals surface area contributed by atoms with Crippen molar-refractivity contribution in [2.75, 3.05) is 39.0 Å². The number of halogens is 2. The van der Waals surface area contributed by atoms with Crippen LogP contribution in [0, 0.1) is 0 Å². The van der Waals surface area contributed by atoms with Crippen molar-refractivity contribution < 1.29 is 4.79 Å². The maximum absolute atomic E-state index is 12.1. The second-order valence-electron chi connectivity index (χ2n) is 6.09. The SMILES string of the molecule is CN(C)CCCNC(=O)c1ccnc(NCCc2ccc(Cl)cc2Cl)n1. The van der Waals surface area contributed by atoms with Gasteiger partial charge in [0.15, 0.2) is 0 Å². The Balaban J connectivity index is 1.83. The molecule has 0 unspecified atom stereocenters. The van der Waals surface area contributed by atoms with Gasteiger partial charge < -0.3 is 15.5 Å². The number of aromatic nitrogens is 2. The van der Waals surface area contributed by atoms with Crippen LogP contribution in [0.15, 0.2) is 30.5 Å². The summed E-state index contributed by atoms with van der Waals surface area (Å²) >= 11 is 12.1. The van der Waals surface area contributed by atoms with Gasteiger partial charge in [0.05, 0.1) is 0 Å². The van der Waals surface area contributed by atoms with Crippen molar-refractivity contribution in [1.29, 1.82) is 0 Å². The largest absolute Gasteiger partial charge is 0.354 e. The van der Waals surface area contributed by atoms with Gasteiger partial charge in [-0.3, -0.25) is 4.79 Å². The van der Waals surface area contributed by atoms with E-state index in [1.165, 1.54) is 0 Å². The van der Waals surface area contributed by atoms with Crippen LogP contribution in [0.5, 0.6) is 0 Å². The minimum atomic E-state index is -0.199. The number of hydrogen-bond acceptors (Lipinski definition) is 5. The zero-order valence-electron chi connectivity index (χ0n) is 14.9. The lowest BCUT2D eigenvalue weighted by Crippen LogP contribution is -2.28. The van der Waals surface area contributed by atoms with Crippen LogP contribution in [-0.2, 0) is 6.42 Å². The first kappa shape index (κ1) is 20.4. The second-order valence-corrected chi connectivity index (χ2v) is 6.93. The molecule has 2 rings (SSSR count). The maximum Gasteiger partial charge on any atom is 0.270 e. The van der Waals surface area contributed by atoms with Gasteiger partial charge in [0, 0.05) is 29.3 Å². The third-order valence-corrected chi connectivity index (χ3v) is 4.24. The van der Waals surface area contributed by atoms with E-state index in [4.69, 9.17) is 23.2 Å². The van der Waals surface area contributed by atoms with Crippen LogP contribution in [-0.4, -0.2) is 54.5 Å². The topological polar surface area (TPSA) is 70.2 Å². The molecule has 140 valence electrons. The third-order valence-electron chi connectivity index (χ3n) is 3.65. The maximum atomic E-state index is 12.1. The molecule has 0 aliphatic rings. The molecule has 0 atom stereocenters. The lowest BCUT2D eigenvalue weighted by atomic mass is 10.1. The van der Waals surface area contributed by atoms with E-state index >= 15 is 0 Å². The summed E-state index contributed by atoms with van der Waals surface area (Å²) in [5.41, 5.74) is 1.33. The van der Waals surface area contributed by atoms with Gasteiger partial charge in [0.2, 0.25) is 5.95 Å². The zero-order chi connectivity index (χ0) is 18.9. The Bertz CT molecular complexity index is 739. The number of benzene rings is 1. The van der Waals surface area contributed by atoms with Crippen molar-refractivity contribution in [2.45, 2.75) is 12.8 Å². The quantitative estimate of drug-likeness (QED) is 0.638. The van der Waals surface area contributed by atoms with Gasteiger partial charge in [-0.2, -0.15) is 0 Å². The van der Waals surface area contributed by atoms with E-state index in [0.717, 1.165) is 18.5 Å². The van der Waals surface area contributed by atoms with E-state index in [-0.39, 0.29) is 5.91 Å². The van der Waals surface area contributed by atoms with Crippen LogP contribution >= 0.6 is 23.2 Å². The lowest BCUT2D eigenvalue weighted by Gasteiger charge is -2.10. The van der Waals surface area contributed by atoms with Gasteiger partial charge in [-0.05, 0) is 57.2 Å². The van der Waals surface area contributed by atoms with E-state index in [0.29, 0.717) is 41.2 Å². The van der Waals surface area contributed by atoms with E-state index < -0.39 is 0 Å². The number of anilines is 1. The first-order chi connectivity index (χ1) is 12.5. The van der Waals surface area contributed by atoms with Crippen molar-refractivity contribution in [3.8, 4) is 0 Å².